The lowest BCUT2D eigenvalue weighted by Crippen LogP contribution is -1.93. The van der Waals surface area contributed by atoms with E-state index in [1.165, 1.54) is 10.8 Å². The Kier molecular flexibility index (Phi) is 4.93. The quantitative estimate of drug-likeness (QED) is 0.210. The maximum atomic E-state index is 6.05. The number of hydrogen-bond acceptors (Lipinski definition) is 4. The lowest BCUT2D eigenvalue weighted by atomic mass is 9.99. The van der Waals surface area contributed by atoms with Crippen molar-refractivity contribution in [3.05, 3.63) is 140 Å². The molecule has 0 atom stereocenters. The van der Waals surface area contributed by atoms with E-state index in [9.17, 15) is 0 Å². The van der Waals surface area contributed by atoms with E-state index in [0.717, 1.165) is 83.1 Å². The van der Waals surface area contributed by atoms with Crippen LogP contribution < -0.4 is 0 Å². The summed E-state index contributed by atoms with van der Waals surface area (Å²) in [5.41, 5.74) is 13.1. The minimum atomic E-state index is 0.802. The van der Waals surface area contributed by atoms with Gasteiger partial charge in [-0.15, -0.1) is 0 Å². The molecule has 0 saturated carbocycles. The minimum absolute atomic E-state index is 0.802. The summed E-state index contributed by atoms with van der Waals surface area (Å²) in [5.74, 6) is 0. The van der Waals surface area contributed by atoms with Gasteiger partial charge in [0.15, 0.2) is 11.2 Å². The van der Waals surface area contributed by atoms with Gasteiger partial charge in [0, 0.05) is 39.6 Å². The van der Waals surface area contributed by atoms with Gasteiger partial charge >= 0.3 is 0 Å². The predicted octanol–water partition coefficient (Wildman–Crippen LogP) is 10.7. The second-order valence-electron chi connectivity index (χ2n) is 11.5. The Morgan fingerprint density at radius 3 is 1.38 bits per heavy atom. The fraction of sp³-hybridized carbons (Fsp3) is 0. The topological polar surface area (TPSA) is 57.0 Å². The van der Waals surface area contributed by atoms with Crippen LogP contribution in [0.3, 0.4) is 0 Å². The van der Waals surface area contributed by atoms with Crippen LogP contribution in [0.5, 0.6) is 0 Å². The monoisotopic (exact) mass is 577 g/mol. The number of hydrogen-bond donors (Lipinski definition) is 0. The Hall–Kier alpha value is -6.20. The molecule has 5 heteroatoms. The van der Waals surface area contributed by atoms with Gasteiger partial charge in [-0.1, -0.05) is 42.5 Å². The van der Waals surface area contributed by atoms with Crippen molar-refractivity contribution in [2.24, 2.45) is 0 Å². The molecule has 0 amide bonds. The number of benzene rings is 5. The molecule has 45 heavy (non-hydrogen) atoms. The summed E-state index contributed by atoms with van der Waals surface area (Å²) in [6.45, 7) is 0. The third-order valence-corrected chi connectivity index (χ3v) is 8.90. The van der Waals surface area contributed by atoms with Gasteiger partial charge in [0.1, 0.15) is 22.2 Å². The Bertz CT molecular complexity index is 2600. The first-order valence-electron chi connectivity index (χ1n) is 15.0. The standard InChI is InChI=1S/C40H23N3O2/c1-2-6-28(7-3-1)43-33-14-10-24(26-12-16-35-31(22-26)39-37(44-35)8-4-18-41-39)20-29(33)30-21-25(11-15-34(30)43)27-13-17-36-32(23-27)40-38(45-36)9-5-19-42-40/h1-23H. The first kappa shape index (κ1) is 24.3. The highest BCUT2D eigenvalue weighted by atomic mass is 16.3. The van der Waals surface area contributed by atoms with Gasteiger partial charge in [-0.25, -0.2) is 0 Å². The molecule has 0 saturated heterocycles. The van der Waals surface area contributed by atoms with Crippen molar-refractivity contribution in [3.63, 3.8) is 0 Å². The van der Waals surface area contributed by atoms with Crippen molar-refractivity contribution >= 4 is 65.9 Å². The first-order chi connectivity index (χ1) is 22.3. The van der Waals surface area contributed by atoms with Crippen molar-refractivity contribution in [2.45, 2.75) is 0 Å². The van der Waals surface area contributed by atoms with Crippen LogP contribution in [0.2, 0.25) is 0 Å². The molecule has 5 nitrogen and oxygen atoms in total. The van der Waals surface area contributed by atoms with Crippen LogP contribution in [0.1, 0.15) is 0 Å². The summed E-state index contributed by atoms with van der Waals surface area (Å²) in [5, 5.41) is 4.43. The number of para-hydroxylation sites is 1. The molecule has 0 spiro atoms. The Balaban J connectivity index is 1.20. The molecule has 10 rings (SSSR count). The molecule has 0 unspecified atom stereocenters. The van der Waals surface area contributed by atoms with Crippen molar-refractivity contribution in [2.75, 3.05) is 0 Å². The molecular weight excluding hydrogens is 554 g/mol. The van der Waals surface area contributed by atoms with Crippen LogP contribution in [-0.2, 0) is 0 Å². The van der Waals surface area contributed by atoms with E-state index in [4.69, 9.17) is 8.83 Å². The number of pyridine rings is 2. The molecule has 0 aliphatic heterocycles. The number of aromatic nitrogens is 3. The van der Waals surface area contributed by atoms with E-state index in [1.54, 1.807) is 0 Å². The Morgan fingerprint density at radius 2 is 0.867 bits per heavy atom. The fourth-order valence-corrected chi connectivity index (χ4v) is 6.79. The van der Waals surface area contributed by atoms with Gasteiger partial charge < -0.3 is 13.4 Å². The normalized spacial score (nSPS) is 12.0. The third kappa shape index (κ3) is 3.61. The van der Waals surface area contributed by atoms with Crippen molar-refractivity contribution in [3.8, 4) is 27.9 Å². The zero-order valence-electron chi connectivity index (χ0n) is 23.9. The zero-order valence-corrected chi connectivity index (χ0v) is 23.9. The third-order valence-electron chi connectivity index (χ3n) is 8.90. The summed E-state index contributed by atoms with van der Waals surface area (Å²) >= 11 is 0. The average molecular weight is 578 g/mol. The summed E-state index contributed by atoms with van der Waals surface area (Å²) in [6.07, 6.45) is 3.63. The fourth-order valence-electron chi connectivity index (χ4n) is 6.79. The SMILES string of the molecule is c1ccc(-n2c3ccc(-c4ccc5oc6cccnc6c5c4)cc3c3cc(-c4ccc5oc6cccnc6c5c4)ccc32)cc1. The largest absolute Gasteiger partial charge is 0.454 e. The summed E-state index contributed by atoms with van der Waals surface area (Å²) in [7, 11) is 0. The van der Waals surface area contributed by atoms with Gasteiger partial charge in [-0.3, -0.25) is 9.97 Å². The van der Waals surface area contributed by atoms with Crippen LogP contribution in [0.25, 0.3) is 93.9 Å². The van der Waals surface area contributed by atoms with Crippen LogP contribution in [0.15, 0.2) is 149 Å². The molecule has 5 aromatic carbocycles. The Labute approximate surface area is 256 Å². The highest BCUT2D eigenvalue weighted by Crippen LogP contribution is 2.39. The number of fused-ring (bicyclic) bond motifs is 9. The summed E-state index contributed by atoms with van der Waals surface area (Å²) in [6, 6.07) is 44.6. The van der Waals surface area contributed by atoms with Gasteiger partial charge in [0.2, 0.25) is 0 Å². The van der Waals surface area contributed by atoms with E-state index >= 15 is 0 Å². The van der Waals surface area contributed by atoms with E-state index in [0.29, 0.717) is 0 Å². The summed E-state index contributed by atoms with van der Waals surface area (Å²) in [4.78, 5) is 9.19. The van der Waals surface area contributed by atoms with Gasteiger partial charge in [-0.2, -0.15) is 0 Å². The second-order valence-corrected chi connectivity index (χ2v) is 11.5. The lowest BCUT2D eigenvalue weighted by Gasteiger charge is -2.08. The van der Waals surface area contributed by atoms with Crippen molar-refractivity contribution in [1.29, 1.82) is 0 Å². The van der Waals surface area contributed by atoms with Gasteiger partial charge in [0.05, 0.1) is 11.0 Å². The van der Waals surface area contributed by atoms with Gasteiger partial charge in [0.25, 0.3) is 0 Å². The summed E-state index contributed by atoms with van der Waals surface area (Å²) < 4.78 is 14.4. The number of rotatable bonds is 3. The lowest BCUT2D eigenvalue weighted by molar-refractivity contribution is 0.668. The number of nitrogens with zero attached hydrogens (tertiary/aromatic N) is 3. The number of furan rings is 2. The van der Waals surface area contributed by atoms with Crippen LogP contribution in [-0.4, -0.2) is 14.5 Å². The average Bonchev–Trinajstić information content (AvgIpc) is 3.77. The second kappa shape index (κ2) is 9.15. The molecule has 5 aromatic heterocycles. The van der Waals surface area contributed by atoms with Crippen molar-refractivity contribution in [1.82, 2.24) is 14.5 Å². The Morgan fingerprint density at radius 1 is 0.400 bits per heavy atom. The zero-order chi connectivity index (χ0) is 29.5. The smallest absolute Gasteiger partial charge is 0.153 e. The molecule has 10 aromatic rings. The maximum Gasteiger partial charge on any atom is 0.153 e. The molecule has 0 fully saturated rings. The molecular formula is C40H23N3O2. The highest BCUT2D eigenvalue weighted by molar-refractivity contribution is 6.12. The van der Waals surface area contributed by atoms with E-state index in [1.807, 2.05) is 48.8 Å². The molecule has 0 aliphatic rings. The van der Waals surface area contributed by atoms with E-state index in [2.05, 4.69) is 106 Å². The van der Waals surface area contributed by atoms with Crippen molar-refractivity contribution < 1.29 is 8.83 Å². The highest BCUT2D eigenvalue weighted by Gasteiger charge is 2.16. The molecule has 0 radical (unpaired) electrons. The van der Waals surface area contributed by atoms with Crippen LogP contribution in [0, 0.1) is 0 Å². The van der Waals surface area contributed by atoms with Gasteiger partial charge in [-0.05, 0) is 107 Å². The molecule has 0 aliphatic carbocycles. The molecule has 5 heterocycles. The van der Waals surface area contributed by atoms with Crippen LogP contribution in [0.4, 0.5) is 0 Å². The minimum Gasteiger partial charge on any atom is -0.454 e. The van der Waals surface area contributed by atoms with Crippen LogP contribution >= 0.6 is 0 Å². The predicted molar refractivity (Wildman–Crippen MR) is 182 cm³/mol. The van der Waals surface area contributed by atoms with E-state index < -0.39 is 0 Å². The van der Waals surface area contributed by atoms with E-state index in [-0.39, 0.29) is 0 Å². The first-order valence-corrected chi connectivity index (χ1v) is 15.0. The molecule has 0 N–H and O–H groups in total. The molecule has 0 bridgehead atoms. The molecule has 210 valence electrons. The maximum absolute atomic E-state index is 6.05.